The first-order chi connectivity index (χ1) is 8.40. The van der Waals surface area contributed by atoms with Crippen LogP contribution in [0.5, 0.6) is 5.75 Å². The van der Waals surface area contributed by atoms with Gasteiger partial charge in [0.1, 0.15) is 11.6 Å². The van der Waals surface area contributed by atoms with E-state index in [4.69, 9.17) is 4.74 Å². The monoisotopic (exact) mass is 253 g/mol. The Morgan fingerprint density at radius 3 is 2.22 bits per heavy atom. The van der Waals surface area contributed by atoms with Crippen molar-refractivity contribution in [1.82, 2.24) is 5.32 Å². The van der Waals surface area contributed by atoms with Gasteiger partial charge in [0.15, 0.2) is 6.10 Å². The van der Waals surface area contributed by atoms with Gasteiger partial charge in [-0.15, -0.1) is 0 Å². The van der Waals surface area contributed by atoms with Gasteiger partial charge in [0, 0.05) is 6.04 Å². The zero-order valence-corrected chi connectivity index (χ0v) is 11.2. The number of amides is 1. The van der Waals surface area contributed by atoms with Crippen LogP contribution in [0.25, 0.3) is 0 Å². The number of halogens is 1. The molecule has 1 rings (SSSR count). The van der Waals surface area contributed by atoms with Crippen molar-refractivity contribution in [2.24, 2.45) is 5.92 Å². The van der Waals surface area contributed by atoms with Crippen molar-refractivity contribution in [3.63, 3.8) is 0 Å². The van der Waals surface area contributed by atoms with E-state index in [0.717, 1.165) is 0 Å². The molecule has 1 amide bonds. The van der Waals surface area contributed by atoms with Gasteiger partial charge in [0.05, 0.1) is 0 Å². The van der Waals surface area contributed by atoms with Crippen molar-refractivity contribution in [2.45, 2.75) is 39.8 Å². The lowest BCUT2D eigenvalue weighted by molar-refractivity contribution is -0.128. The summed E-state index contributed by atoms with van der Waals surface area (Å²) in [6.07, 6.45) is -0.600. The van der Waals surface area contributed by atoms with E-state index < -0.39 is 6.10 Å². The normalized spacial score (nSPS) is 14.1. The number of rotatable bonds is 5. The molecule has 0 bridgehead atoms. The maximum absolute atomic E-state index is 12.7. The van der Waals surface area contributed by atoms with E-state index in [1.54, 1.807) is 6.92 Å². The zero-order valence-electron chi connectivity index (χ0n) is 11.2. The molecule has 0 spiro atoms. The van der Waals surface area contributed by atoms with Crippen LogP contribution in [-0.4, -0.2) is 18.1 Å². The highest BCUT2D eigenvalue weighted by molar-refractivity contribution is 5.80. The highest BCUT2D eigenvalue weighted by atomic mass is 19.1. The molecule has 0 saturated heterocycles. The summed E-state index contributed by atoms with van der Waals surface area (Å²) >= 11 is 0. The number of carbonyl (C=O) groups is 1. The van der Waals surface area contributed by atoms with Crippen LogP contribution < -0.4 is 10.1 Å². The number of ether oxygens (including phenoxy) is 1. The molecule has 0 aliphatic heterocycles. The summed E-state index contributed by atoms with van der Waals surface area (Å²) < 4.78 is 18.1. The highest BCUT2D eigenvalue weighted by Gasteiger charge is 2.18. The van der Waals surface area contributed by atoms with E-state index in [2.05, 4.69) is 5.32 Å². The van der Waals surface area contributed by atoms with Crippen LogP contribution in [0, 0.1) is 11.7 Å². The SMILES string of the molecule is CC(C)[C@H](C)NC(=O)[C@H](C)Oc1ccc(F)cc1. The van der Waals surface area contributed by atoms with Crippen molar-refractivity contribution in [1.29, 1.82) is 0 Å². The van der Waals surface area contributed by atoms with Crippen molar-refractivity contribution in [3.05, 3.63) is 30.1 Å². The number of hydrogen-bond donors (Lipinski definition) is 1. The Bertz CT molecular complexity index is 389. The molecule has 0 aliphatic rings. The van der Waals surface area contributed by atoms with Gasteiger partial charge < -0.3 is 10.1 Å². The lowest BCUT2D eigenvalue weighted by atomic mass is 10.1. The third kappa shape index (κ3) is 4.35. The Hall–Kier alpha value is -1.58. The van der Waals surface area contributed by atoms with Gasteiger partial charge >= 0.3 is 0 Å². The molecule has 1 aromatic carbocycles. The molecule has 0 aliphatic carbocycles. The first-order valence-electron chi connectivity index (χ1n) is 6.12. The molecule has 0 radical (unpaired) electrons. The molecule has 0 saturated carbocycles. The van der Waals surface area contributed by atoms with Crippen LogP contribution in [-0.2, 0) is 4.79 Å². The third-order valence-corrected chi connectivity index (χ3v) is 2.87. The maximum Gasteiger partial charge on any atom is 0.260 e. The second kappa shape index (κ2) is 6.38. The average molecular weight is 253 g/mol. The Morgan fingerprint density at radius 2 is 1.72 bits per heavy atom. The predicted octanol–water partition coefficient (Wildman–Crippen LogP) is 2.75. The van der Waals surface area contributed by atoms with Crippen LogP contribution in [0.15, 0.2) is 24.3 Å². The second-order valence-electron chi connectivity index (χ2n) is 4.76. The minimum Gasteiger partial charge on any atom is -0.481 e. The standard InChI is InChI=1S/C14H20FNO2/c1-9(2)10(3)16-14(17)11(4)18-13-7-5-12(15)6-8-13/h5-11H,1-4H3,(H,16,17)/t10-,11-/m0/s1. The fraction of sp³-hybridized carbons (Fsp3) is 0.500. The summed E-state index contributed by atoms with van der Waals surface area (Å²) in [5, 5.41) is 2.87. The zero-order chi connectivity index (χ0) is 13.7. The summed E-state index contributed by atoms with van der Waals surface area (Å²) in [5.74, 6) is 0.358. The molecule has 4 heteroatoms. The Morgan fingerprint density at radius 1 is 1.17 bits per heavy atom. The van der Waals surface area contributed by atoms with Gasteiger partial charge in [-0.25, -0.2) is 4.39 Å². The predicted molar refractivity (Wildman–Crippen MR) is 68.9 cm³/mol. The molecule has 0 heterocycles. The summed E-state index contributed by atoms with van der Waals surface area (Å²) in [6, 6.07) is 5.71. The van der Waals surface area contributed by atoms with E-state index in [9.17, 15) is 9.18 Å². The topological polar surface area (TPSA) is 38.3 Å². The summed E-state index contributed by atoms with van der Waals surface area (Å²) in [7, 11) is 0. The van der Waals surface area contributed by atoms with E-state index in [0.29, 0.717) is 11.7 Å². The lowest BCUT2D eigenvalue weighted by Crippen LogP contribution is -2.43. The Labute approximate surface area is 107 Å². The van der Waals surface area contributed by atoms with Gasteiger partial charge in [0.2, 0.25) is 0 Å². The van der Waals surface area contributed by atoms with Crippen molar-refractivity contribution in [3.8, 4) is 5.75 Å². The number of carbonyl (C=O) groups excluding carboxylic acids is 1. The first kappa shape index (κ1) is 14.5. The van der Waals surface area contributed by atoms with Crippen LogP contribution in [0.3, 0.4) is 0 Å². The van der Waals surface area contributed by atoms with Crippen LogP contribution in [0.4, 0.5) is 4.39 Å². The van der Waals surface area contributed by atoms with Gasteiger partial charge in [0.25, 0.3) is 5.91 Å². The van der Waals surface area contributed by atoms with Crippen molar-refractivity contribution >= 4 is 5.91 Å². The molecule has 1 aromatic rings. The molecule has 0 unspecified atom stereocenters. The summed E-state index contributed by atoms with van der Waals surface area (Å²) in [5.41, 5.74) is 0. The minimum atomic E-state index is -0.600. The summed E-state index contributed by atoms with van der Waals surface area (Å²) in [6.45, 7) is 7.70. The average Bonchev–Trinajstić information content (AvgIpc) is 2.31. The third-order valence-electron chi connectivity index (χ3n) is 2.87. The highest BCUT2D eigenvalue weighted by Crippen LogP contribution is 2.13. The molecule has 0 aromatic heterocycles. The molecule has 100 valence electrons. The fourth-order valence-electron chi connectivity index (χ4n) is 1.28. The quantitative estimate of drug-likeness (QED) is 0.876. The van der Waals surface area contributed by atoms with E-state index >= 15 is 0 Å². The molecule has 2 atom stereocenters. The van der Waals surface area contributed by atoms with Gasteiger partial charge in [-0.1, -0.05) is 13.8 Å². The second-order valence-corrected chi connectivity index (χ2v) is 4.76. The number of nitrogens with one attached hydrogen (secondary N) is 1. The molecule has 0 fully saturated rings. The van der Waals surface area contributed by atoms with E-state index in [-0.39, 0.29) is 17.8 Å². The van der Waals surface area contributed by atoms with Gasteiger partial charge in [-0.05, 0) is 44.0 Å². The number of hydrogen-bond acceptors (Lipinski definition) is 2. The molecular weight excluding hydrogens is 233 g/mol. The lowest BCUT2D eigenvalue weighted by Gasteiger charge is -2.21. The van der Waals surface area contributed by atoms with Crippen LogP contribution in [0.1, 0.15) is 27.7 Å². The van der Waals surface area contributed by atoms with Gasteiger partial charge in [-0.3, -0.25) is 4.79 Å². The van der Waals surface area contributed by atoms with E-state index in [1.165, 1.54) is 24.3 Å². The maximum atomic E-state index is 12.7. The van der Waals surface area contributed by atoms with Crippen molar-refractivity contribution < 1.29 is 13.9 Å². The smallest absolute Gasteiger partial charge is 0.260 e. The molecule has 1 N–H and O–H groups in total. The van der Waals surface area contributed by atoms with E-state index in [1.807, 2.05) is 20.8 Å². The largest absolute Gasteiger partial charge is 0.481 e. The first-order valence-corrected chi connectivity index (χ1v) is 6.12. The Kier molecular flexibility index (Phi) is 5.13. The molecule has 18 heavy (non-hydrogen) atoms. The fourth-order valence-corrected chi connectivity index (χ4v) is 1.28. The van der Waals surface area contributed by atoms with Gasteiger partial charge in [-0.2, -0.15) is 0 Å². The Balaban J connectivity index is 2.52. The minimum absolute atomic E-state index is 0.0942. The van der Waals surface area contributed by atoms with Crippen LogP contribution in [0.2, 0.25) is 0 Å². The van der Waals surface area contributed by atoms with Crippen molar-refractivity contribution in [2.75, 3.05) is 0 Å². The van der Waals surface area contributed by atoms with Crippen LogP contribution >= 0.6 is 0 Å². The summed E-state index contributed by atoms with van der Waals surface area (Å²) in [4.78, 5) is 11.8. The molecular formula is C14H20FNO2. The molecule has 3 nitrogen and oxygen atoms in total. The number of benzene rings is 1.